The number of urea groups is 1. The van der Waals surface area contributed by atoms with Gasteiger partial charge in [-0.15, -0.1) is 0 Å². The minimum Gasteiger partial charge on any atom is -0.497 e. The SMILES string of the molecule is COc1ccc(OC)c(C=NC2C=CC3=NC(=O)NC3=C2)c1. The molecule has 0 saturated heterocycles. The summed E-state index contributed by atoms with van der Waals surface area (Å²) in [5.41, 5.74) is 2.17. The summed E-state index contributed by atoms with van der Waals surface area (Å²) >= 11 is 0. The molecular weight excluding hydrogens is 282 g/mol. The first-order valence-electron chi connectivity index (χ1n) is 6.75. The number of allylic oxidation sites excluding steroid dienone is 1. The Morgan fingerprint density at radius 3 is 2.95 bits per heavy atom. The predicted octanol–water partition coefficient (Wildman–Crippen LogP) is 2.11. The molecule has 2 amide bonds. The molecule has 0 bridgehead atoms. The number of ether oxygens (including phenoxy) is 2. The van der Waals surface area contributed by atoms with Crippen molar-refractivity contribution in [1.82, 2.24) is 5.32 Å². The van der Waals surface area contributed by atoms with E-state index >= 15 is 0 Å². The molecule has 0 saturated carbocycles. The van der Waals surface area contributed by atoms with Crippen molar-refractivity contribution < 1.29 is 14.3 Å². The summed E-state index contributed by atoms with van der Waals surface area (Å²) in [5, 5.41) is 2.67. The molecule has 1 heterocycles. The van der Waals surface area contributed by atoms with Crippen molar-refractivity contribution in [2.45, 2.75) is 6.04 Å². The van der Waals surface area contributed by atoms with Crippen molar-refractivity contribution in [3.05, 3.63) is 47.7 Å². The van der Waals surface area contributed by atoms with E-state index in [1.807, 2.05) is 30.4 Å². The fourth-order valence-corrected chi connectivity index (χ4v) is 2.25. The van der Waals surface area contributed by atoms with Gasteiger partial charge in [-0.25, -0.2) is 4.79 Å². The Labute approximate surface area is 127 Å². The van der Waals surface area contributed by atoms with Crippen LogP contribution in [0.3, 0.4) is 0 Å². The Morgan fingerprint density at radius 2 is 2.18 bits per heavy atom. The van der Waals surface area contributed by atoms with Crippen LogP contribution in [-0.4, -0.2) is 38.2 Å². The lowest BCUT2D eigenvalue weighted by atomic mass is 10.1. The average Bonchev–Trinajstić information content (AvgIpc) is 2.91. The molecule has 1 atom stereocenters. The summed E-state index contributed by atoms with van der Waals surface area (Å²) in [4.78, 5) is 19.5. The van der Waals surface area contributed by atoms with Crippen molar-refractivity contribution in [2.24, 2.45) is 9.98 Å². The van der Waals surface area contributed by atoms with Crippen molar-refractivity contribution in [1.29, 1.82) is 0 Å². The van der Waals surface area contributed by atoms with Gasteiger partial charge < -0.3 is 14.8 Å². The topological polar surface area (TPSA) is 72.3 Å². The minimum absolute atomic E-state index is 0.164. The van der Waals surface area contributed by atoms with Gasteiger partial charge in [0.15, 0.2) is 0 Å². The van der Waals surface area contributed by atoms with Crippen LogP contribution in [0.15, 0.2) is 52.1 Å². The molecule has 1 unspecified atom stereocenters. The van der Waals surface area contributed by atoms with E-state index in [0.717, 1.165) is 11.3 Å². The maximum atomic E-state index is 11.2. The van der Waals surface area contributed by atoms with Crippen molar-refractivity contribution in [3.63, 3.8) is 0 Å². The normalized spacial score (nSPS) is 19.5. The molecule has 0 aromatic heterocycles. The van der Waals surface area contributed by atoms with Crippen LogP contribution in [0.1, 0.15) is 5.56 Å². The number of nitrogens with zero attached hydrogens (tertiary/aromatic N) is 2. The Hall–Kier alpha value is -2.89. The van der Waals surface area contributed by atoms with Gasteiger partial charge in [0.05, 0.1) is 31.7 Å². The highest BCUT2D eigenvalue weighted by molar-refractivity contribution is 6.19. The van der Waals surface area contributed by atoms with Gasteiger partial charge in [0.25, 0.3) is 0 Å². The third kappa shape index (κ3) is 2.76. The number of nitrogens with one attached hydrogen (secondary N) is 1. The Morgan fingerprint density at radius 1 is 1.32 bits per heavy atom. The second kappa shape index (κ2) is 5.85. The molecule has 112 valence electrons. The number of carbonyl (C=O) groups excluding carboxylic acids is 1. The largest absolute Gasteiger partial charge is 0.497 e. The van der Waals surface area contributed by atoms with E-state index in [4.69, 9.17) is 9.47 Å². The van der Waals surface area contributed by atoms with Crippen LogP contribution in [0.5, 0.6) is 11.5 Å². The summed E-state index contributed by atoms with van der Waals surface area (Å²) < 4.78 is 10.5. The fourth-order valence-electron chi connectivity index (χ4n) is 2.25. The second-order valence-corrected chi connectivity index (χ2v) is 4.74. The number of methoxy groups -OCH3 is 2. The summed E-state index contributed by atoms with van der Waals surface area (Å²) in [6.45, 7) is 0. The number of carbonyl (C=O) groups is 1. The monoisotopic (exact) mass is 297 g/mol. The third-order valence-electron chi connectivity index (χ3n) is 3.35. The summed E-state index contributed by atoms with van der Waals surface area (Å²) in [5.74, 6) is 1.45. The number of hydrogen-bond donors (Lipinski definition) is 1. The molecule has 2 aliphatic rings. The minimum atomic E-state index is -0.343. The van der Waals surface area contributed by atoms with Gasteiger partial charge in [-0.2, -0.15) is 4.99 Å². The van der Waals surface area contributed by atoms with Gasteiger partial charge in [-0.05, 0) is 30.4 Å². The number of amides is 2. The van der Waals surface area contributed by atoms with Crippen LogP contribution in [-0.2, 0) is 0 Å². The second-order valence-electron chi connectivity index (χ2n) is 4.74. The maximum Gasteiger partial charge on any atom is 0.346 e. The van der Waals surface area contributed by atoms with Crippen molar-refractivity contribution >= 4 is 18.0 Å². The van der Waals surface area contributed by atoms with E-state index in [2.05, 4.69) is 15.3 Å². The van der Waals surface area contributed by atoms with Gasteiger partial charge in [-0.1, -0.05) is 6.08 Å². The lowest BCUT2D eigenvalue weighted by Crippen LogP contribution is -2.18. The zero-order chi connectivity index (χ0) is 15.5. The molecule has 1 aliphatic heterocycles. The highest BCUT2D eigenvalue weighted by atomic mass is 16.5. The number of hydrogen-bond acceptors (Lipinski definition) is 4. The Balaban J connectivity index is 1.82. The first kappa shape index (κ1) is 14.1. The van der Waals surface area contributed by atoms with Crippen molar-refractivity contribution in [3.8, 4) is 11.5 Å². The van der Waals surface area contributed by atoms with Crippen LogP contribution in [0.4, 0.5) is 4.79 Å². The molecule has 0 spiro atoms. The molecular formula is C16H15N3O3. The lowest BCUT2D eigenvalue weighted by Gasteiger charge is -2.11. The Kier molecular flexibility index (Phi) is 3.74. The molecule has 0 fully saturated rings. The van der Waals surface area contributed by atoms with Crippen LogP contribution < -0.4 is 14.8 Å². The quantitative estimate of drug-likeness (QED) is 0.865. The number of aliphatic imine (C=N–C) groups is 2. The zero-order valence-electron chi connectivity index (χ0n) is 12.2. The predicted molar refractivity (Wildman–Crippen MR) is 84.1 cm³/mol. The van der Waals surface area contributed by atoms with E-state index < -0.39 is 0 Å². The standard InChI is InChI=1S/C16H15N3O3/c1-21-12-4-6-15(22-2)10(7-12)9-17-11-3-5-13-14(8-11)19-16(20)18-13/h3-9,11H,1-2H3,(H,19,20). The summed E-state index contributed by atoms with van der Waals surface area (Å²) in [7, 11) is 3.22. The smallest absolute Gasteiger partial charge is 0.346 e. The molecule has 1 aromatic carbocycles. The molecule has 1 aromatic rings. The van der Waals surface area contributed by atoms with E-state index in [-0.39, 0.29) is 12.1 Å². The molecule has 0 radical (unpaired) electrons. The number of rotatable bonds is 4. The van der Waals surface area contributed by atoms with E-state index in [9.17, 15) is 4.79 Å². The Bertz CT molecular complexity index is 732. The van der Waals surface area contributed by atoms with E-state index in [0.29, 0.717) is 17.2 Å². The molecule has 6 heteroatoms. The zero-order valence-corrected chi connectivity index (χ0v) is 12.2. The first-order valence-corrected chi connectivity index (χ1v) is 6.75. The number of benzene rings is 1. The third-order valence-corrected chi connectivity index (χ3v) is 3.35. The van der Waals surface area contributed by atoms with Crippen LogP contribution >= 0.6 is 0 Å². The fraction of sp³-hybridized carbons (Fsp3) is 0.188. The summed E-state index contributed by atoms with van der Waals surface area (Å²) in [6, 6.07) is 5.01. The van der Waals surface area contributed by atoms with Gasteiger partial charge in [-0.3, -0.25) is 4.99 Å². The average molecular weight is 297 g/mol. The molecule has 3 rings (SSSR count). The number of fused-ring (bicyclic) bond motifs is 1. The van der Waals surface area contributed by atoms with Crippen LogP contribution in [0.2, 0.25) is 0 Å². The summed E-state index contributed by atoms with van der Waals surface area (Å²) in [6.07, 6.45) is 7.25. The van der Waals surface area contributed by atoms with E-state index in [1.165, 1.54) is 0 Å². The first-order chi connectivity index (χ1) is 10.7. The molecule has 1 aliphatic carbocycles. The maximum absolute atomic E-state index is 11.2. The van der Waals surface area contributed by atoms with Gasteiger partial charge >= 0.3 is 6.03 Å². The molecule has 22 heavy (non-hydrogen) atoms. The molecule has 1 N–H and O–H groups in total. The van der Waals surface area contributed by atoms with Gasteiger partial charge in [0.1, 0.15) is 11.5 Å². The van der Waals surface area contributed by atoms with Crippen molar-refractivity contribution in [2.75, 3.05) is 14.2 Å². The highest BCUT2D eigenvalue weighted by Crippen LogP contribution is 2.23. The van der Waals surface area contributed by atoms with Crippen LogP contribution in [0.25, 0.3) is 0 Å². The molecule has 6 nitrogen and oxygen atoms in total. The van der Waals surface area contributed by atoms with Gasteiger partial charge in [0, 0.05) is 11.8 Å². The lowest BCUT2D eigenvalue weighted by molar-refractivity contribution is 0.253. The van der Waals surface area contributed by atoms with E-state index in [1.54, 1.807) is 26.5 Å². The van der Waals surface area contributed by atoms with Gasteiger partial charge in [0.2, 0.25) is 0 Å². The van der Waals surface area contributed by atoms with Crippen LogP contribution in [0, 0.1) is 0 Å². The highest BCUT2D eigenvalue weighted by Gasteiger charge is 2.21.